The molecule has 2 N–H and O–H groups in total. The van der Waals surface area contributed by atoms with Gasteiger partial charge in [0.25, 0.3) is 5.91 Å². The molecule has 0 unspecified atom stereocenters. The summed E-state index contributed by atoms with van der Waals surface area (Å²) in [5, 5.41) is 14.0. The maximum atomic E-state index is 11.9. The highest BCUT2D eigenvalue weighted by Crippen LogP contribution is 2.23. The van der Waals surface area contributed by atoms with Crippen LogP contribution in [0.15, 0.2) is 29.4 Å². The summed E-state index contributed by atoms with van der Waals surface area (Å²) in [6.07, 6.45) is 0. The highest BCUT2D eigenvalue weighted by molar-refractivity contribution is 6.17. The van der Waals surface area contributed by atoms with E-state index >= 15 is 0 Å². The molecule has 0 saturated carbocycles. The second kappa shape index (κ2) is 5.84. The number of amides is 1. The first-order valence-electron chi connectivity index (χ1n) is 6.55. The molecule has 0 saturated heterocycles. The number of rotatable bonds is 5. The summed E-state index contributed by atoms with van der Waals surface area (Å²) < 4.78 is 0. The summed E-state index contributed by atoms with van der Waals surface area (Å²) >= 11 is 0. The Kier molecular flexibility index (Phi) is 4.16. The summed E-state index contributed by atoms with van der Waals surface area (Å²) in [6.45, 7) is 6.51. The molecule has 0 radical (unpaired) electrons. The highest BCUT2D eigenvalue weighted by Gasteiger charge is 2.33. The number of phenols is 1. The Balaban J connectivity index is 2.25. The molecule has 1 aromatic rings. The number of carbonyl (C=O) groups is 1. The van der Waals surface area contributed by atoms with E-state index in [0.29, 0.717) is 17.8 Å². The van der Waals surface area contributed by atoms with Crippen molar-refractivity contribution in [2.24, 2.45) is 11.0 Å². The van der Waals surface area contributed by atoms with E-state index in [1.54, 1.807) is 18.2 Å². The molecule has 1 aromatic carbocycles. The Bertz CT molecular complexity index is 495. The molecule has 5 heteroatoms. The van der Waals surface area contributed by atoms with Crippen LogP contribution in [0.2, 0.25) is 0 Å². The third-order valence-corrected chi connectivity index (χ3v) is 3.45. The van der Waals surface area contributed by atoms with E-state index < -0.39 is 0 Å². The number of para-hydroxylation sites is 1. The molecule has 1 aliphatic rings. The number of nitrogens with one attached hydrogen (secondary N) is 1. The Morgan fingerprint density at radius 2 is 2.00 bits per heavy atom. The van der Waals surface area contributed by atoms with E-state index in [1.807, 2.05) is 6.07 Å². The van der Waals surface area contributed by atoms with Crippen LogP contribution in [0.4, 0.5) is 0 Å². The molecule has 1 atom stereocenters. The molecular formula is C14H19N3O2. The summed E-state index contributed by atoms with van der Waals surface area (Å²) in [5.41, 5.74) is 3.75. The zero-order valence-electron chi connectivity index (χ0n) is 11.3. The standard InChI is InChI=1S/C14H19N3O2/c1-3-17(4-2)9-11-13(15-16-14(11)19)10-7-5-6-8-12(10)18/h5-8,11,18H,3-4,9H2,1-2H3,(H,16,19)/t11-/m0/s1. The first kappa shape index (κ1) is 13.5. The van der Waals surface area contributed by atoms with Gasteiger partial charge in [-0.1, -0.05) is 26.0 Å². The SMILES string of the molecule is CCN(CC)C[C@@H]1C(=O)NN=C1c1ccccc1O. The molecule has 0 spiro atoms. The van der Waals surface area contributed by atoms with Gasteiger partial charge in [0.2, 0.25) is 0 Å². The second-order valence-corrected chi connectivity index (χ2v) is 4.53. The van der Waals surface area contributed by atoms with Crippen LogP contribution in [-0.4, -0.2) is 41.3 Å². The van der Waals surface area contributed by atoms with Crippen molar-refractivity contribution in [3.05, 3.63) is 29.8 Å². The quantitative estimate of drug-likeness (QED) is 0.836. The molecule has 102 valence electrons. The van der Waals surface area contributed by atoms with Crippen LogP contribution >= 0.6 is 0 Å². The predicted molar refractivity (Wildman–Crippen MR) is 74.1 cm³/mol. The first-order chi connectivity index (χ1) is 9.17. The topological polar surface area (TPSA) is 64.9 Å². The minimum Gasteiger partial charge on any atom is -0.507 e. The highest BCUT2D eigenvalue weighted by atomic mass is 16.3. The average Bonchev–Trinajstić information content (AvgIpc) is 2.78. The Morgan fingerprint density at radius 3 is 2.63 bits per heavy atom. The second-order valence-electron chi connectivity index (χ2n) is 4.53. The van der Waals surface area contributed by atoms with Crippen molar-refractivity contribution in [1.82, 2.24) is 10.3 Å². The van der Waals surface area contributed by atoms with Crippen LogP contribution in [0.1, 0.15) is 19.4 Å². The zero-order valence-corrected chi connectivity index (χ0v) is 11.3. The van der Waals surface area contributed by atoms with Gasteiger partial charge in [-0.3, -0.25) is 4.79 Å². The smallest absolute Gasteiger partial charge is 0.250 e. The van der Waals surface area contributed by atoms with Gasteiger partial charge in [0.15, 0.2) is 0 Å². The third-order valence-electron chi connectivity index (χ3n) is 3.45. The summed E-state index contributed by atoms with van der Waals surface area (Å²) in [6, 6.07) is 6.97. The minimum atomic E-state index is -0.326. The number of hydrogen-bond acceptors (Lipinski definition) is 4. The number of aromatic hydroxyl groups is 1. The molecule has 1 aliphatic heterocycles. The van der Waals surface area contributed by atoms with Gasteiger partial charge in [-0.25, -0.2) is 5.43 Å². The fraction of sp³-hybridized carbons (Fsp3) is 0.429. The fourth-order valence-corrected chi connectivity index (χ4v) is 2.24. The van der Waals surface area contributed by atoms with E-state index in [-0.39, 0.29) is 17.6 Å². The lowest BCUT2D eigenvalue weighted by Crippen LogP contribution is -2.37. The Morgan fingerprint density at radius 1 is 1.32 bits per heavy atom. The van der Waals surface area contributed by atoms with Crippen LogP contribution in [-0.2, 0) is 4.79 Å². The fourth-order valence-electron chi connectivity index (χ4n) is 2.24. The largest absolute Gasteiger partial charge is 0.507 e. The Labute approximate surface area is 112 Å². The zero-order chi connectivity index (χ0) is 13.8. The van der Waals surface area contributed by atoms with Gasteiger partial charge in [0, 0.05) is 12.1 Å². The average molecular weight is 261 g/mol. The van der Waals surface area contributed by atoms with E-state index in [4.69, 9.17) is 0 Å². The predicted octanol–water partition coefficient (Wildman–Crippen LogP) is 1.18. The molecule has 1 amide bonds. The molecule has 0 fully saturated rings. The van der Waals surface area contributed by atoms with Crippen molar-refractivity contribution in [2.75, 3.05) is 19.6 Å². The molecular weight excluding hydrogens is 242 g/mol. The van der Waals surface area contributed by atoms with Gasteiger partial charge in [-0.2, -0.15) is 5.10 Å². The van der Waals surface area contributed by atoms with Gasteiger partial charge < -0.3 is 10.0 Å². The van der Waals surface area contributed by atoms with Gasteiger partial charge >= 0.3 is 0 Å². The van der Waals surface area contributed by atoms with E-state index in [0.717, 1.165) is 13.1 Å². The van der Waals surface area contributed by atoms with Crippen LogP contribution in [0.25, 0.3) is 0 Å². The maximum Gasteiger partial charge on any atom is 0.250 e. The lowest BCUT2D eigenvalue weighted by molar-refractivity contribution is -0.122. The van der Waals surface area contributed by atoms with Crippen LogP contribution < -0.4 is 5.43 Å². The van der Waals surface area contributed by atoms with Crippen molar-refractivity contribution in [3.63, 3.8) is 0 Å². The summed E-state index contributed by atoms with van der Waals surface area (Å²) in [7, 11) is 0. The maximum absolute atomic E-state index is 11.9. The van der Waals surface area contributed by atoms with Crippen molar-refractivity contribution >= 4 is 11.6 Å². The van der Waals surface area contributed by atoms with Crippen molar-refractivity contribution < 1.29 is 9.90 Å². The molecule has 1 heterocycles. The number of hydrazone groups is 1. The summed E-state index contributed by atoms with van der Waals surface area (Å²) in [4.78, 5) is 14.1. The number of nitrogens with zero attached hydrogens (tertiary/aromatic N) is 2. The van der Waals surface area contributed by atoms with Crippen molar-refractivity contribution in [3.8, 4) is 5.75 Å². The molecule has 5 nitrogen and oxygen atoms in total. The minimum absolute atomic E-state index is 0.106. The number of phenolic OH excluding ortho intramolecular Hbond substituents is 1. The van der Waals surface area contributed by atoms with Gasteiger partial charge in [-0.15, -0.1) is 0 Å². The van der Waals surface area contributed by atoms with Crippen LogP contribution in [0.3, 0.4) is 0 Å². The van der Waals surface area contributed by atoms with E-state index in [9.17, 15) is 9.90 Å². The molecule has 0 bridgehead atoms. The van der Waals surface area contributed by atoms with Gasteiger partial charge in [0.1, 0.15) is 5.75 Å². The lowest BCUT2D eigenvalue weighted by atomic mass is 9.95. The lowest BCUT2D eigenvalue weighted by Gasteiger charge is -2.22. The monoisotopic (exact) mass is 261 g/mol. The third kappa shape index (κ3) is 2.76. The van der Waals surface area contributed by atoms with Gasteiger partial charge in [-0.05, 0) is 25.2 Å². The first-order valence-corrected chi connectivity index (χ1v) is 6.55. The molecule has 0 aromatic heterocycles. The van der Waals surface area contributed by atoms with Crippen molar-refractivity contribution in [1.29, 1.82) is 0 Å². The van der Waals surface area contributed by atoms with Crippen molar-refractivity contribution in [2.45, 2.75) is 13.8 Å². The van der Waals surface area contributed by atoms with Crippen LogP contribution in [0.5, 0.6) is 5.75 Å². The molecule has 2 rings (SSSR count). The Hall–Kier alpha value is -1.88. The molecule has 19 heavy (non-hydrogen) atoms. The summed E-state index contributed by atoms with van der Waals surface area (Å²) in [5.74, 6) is -0.277. The normalized spacial score (nSPS) is 18.6. The van der Waals surface area contributed by atoms with E-state index in [1.165, 1.54) is 0 Å². The number of benzene rings is 1. The number of hydrogen-bond donors (Lipinski definition) is 2. The van der Waals surface area contributed by atoms with E-state index in [2.05, 4.69) is 29.3 Å². The number of carbonyl (C=O) groups excluding carboxylic acids is 1. The van der Waals surface area contributed by atoms with Gasteiger partial charge in [0.05, 0.1) is 11.6 Å². The molecule has 0 aliphatic carbocycles. The van der Waals surface area contributed by atoms with Crippen LogP contribution in [0, 0.1) is 5.92 Å².